The monoisotopic (exact) mass is 403 g/mol. The number of hydrogen-bond donors (Lipinski definition) is 0. The van der Waals surface area contributed by atoms with Crippen LogP contribution < -0.4 is 0 Å². The fourth-order valence-corrected chi connectivity index (χ4v) is 5.05. The molecule has 0 saturated carbocycles. The Bertz CT molecular complexity index is 978. The first-order valence-electron chi connectivity index (χ1n) is 10.4. The third-order valence-corrected chi connectivity index (χ3v) is 6.52. The summed E-state index contributed by atoms with van der Waals surface area (Å²) in [5, 5.41) is 0. The summed E-state index contributed by atoms with van der Waals surface area (Å²) in [7, 11) is 1.80. The smallest absolute Gasteiger partial charge is 0.230 e. The highest BCUT2D eigenvalue weighted by Gasteiger charge is 2.66. The molecule has 2 amide bonds. The number of carbonyl (C=O) groups excluding carboxylic acids is 2. The quantitative estimate of drug-likeness (QED) is 0.693. The number of aromatic nitrogens is 1. The van der Waals surface area contributed by atoms with Crippen LogP contribution in [0.2, 0.25) is 0 Å². The molecule has 2 saturated heterocycles. The Kier molecular flexibility index (Phi) is 4.66. The van der Waals surface area contributed by atoms with Crippen molar-refractivity contribution >= 4 is 11.8 Å². The number of carbonyl (C=O) groups is 2. The molecule has 4 atom stereocenters. The number of pyridine rings is 1. The summed E-state index contributed by atoms with van der Waals surface area (Å²) in [6.07, 6.45) is 7.95. The van der Waals surface area contributed by atoms with E-state index in [1.807, 2.05) is 59.5 Å². The van der Waals surface area contributed by atoms with E-state index in [2.05, 4.69) is 4.98 Å². The van der Waals surface area contributed by atoms with Gasteiger partial charge in [-0.05, 0) is 29.7 Å². The van der Waals surface area contributed by atoms with Gasteiger partial charge in [-0.2, -0.15) is 0 Å². The zero-order chi connectivity index (χ0) is 20.7. The molecule has 30 heavy (non-hydrogen) atoms. The van der Waals surface area contributed by atoms with E-state index >= 15 is 0 Å². The van der Waals surface area contributed by atoms with Gasteiger partial charge in [0.2, 0.25) is 11.8 Å². The molecular formula is C24H25N3O3. The van der Waals surface area contributed by atoms with Gasteiger partial charge in [0.25, 0.3) is 0 Å². The molecule has 4 heterocycles. The van der Waals surface area contributed by atoms with E-state index in [1.165, 1.54) is 0 Å². The van der Waals surface area contributed by atoms with Crippen molar-refractivity contribution in [3.8, 4) is 0 Å². The summed E-state index contributed by atoms with van der Waals surface area (Å²) in [4.78, 5) is 34.3. The molecule has 6 nitrogen and oxygen atoms in total. The summed E-state index contributed by atoms with van der Waals surface area (Å²) in [6, 6.07) is 13.8. The summed E-state index contributed by atoms with van der Waals surface area (Å²) in [6.45, 7) is 1.65. The molecule has 6 heteroatoms. The van der Waals surface area contributed by atoms with E-state index in [0.717, 1.165) is 17.5 Å². The van der Waals surface area contributed by atoms with Crippen LogP contribution in [0.1, 0.15) is 11.1 Å². The molecule has 3 aliphatic rings. The molecule has 5 rings (SSSR count). The second-order valence-electron chi connectivity index (χ2n) is 8.45. The molecule has 3 aliphatic heterocycles. The maximum atomic E-state index is 13.3. The van der Waals surface area contributed by atoms with Crippen molar-refractivity contribution in [2.24, 2.45) is 11.8 Å². The minimum Gasteiger partial charge on any atom is -0.360 e. The van der Waals surface area contributed by atoms with Crippen LogP contribution in [0.15, 0.2) is 67.0 Å². The minimum atomic E-state index is -0.659. The molecule has 0 unspecified atom stereocenters. The standard InChI is InChI=1S/C24H25N3O3/c1-26(15-18-5-3-2-4-6-18)22(28)20-19-7-11-24(30-19)16-27(23(29)21(20)24)14-10-17-8-12-25-13-9-17/h2-9,11-13,19-21H,10,14-16H2,1H3/t19-,20-,21+,24-/m0/s1. The van der Waals surface area contributed by atoms with Gasteiger partial charge < -0.3 is 14.5 Å². The van der Waals surface area contributed by atoms with Gasteiger partial charge in [0.1, 0.15) is 5.60 Å². The maximum absolute atomic E-state index is 13.3. The average molecular weight is 403 g/mol. The van der Waals surface area contributed by atoms with Gasteiger partial charge in [-0.3, -0.25) is 14.6 Å². The van der Waals surface area contributed by atoms with Crippen LogP contribution in [0.5, 0.6) is 0 Å². The van der Waals surface area contributed by atoms with Crippen LogP contribution in [0.3, 0.4) is 0 Å². The number of nitrogens with zero attached hydrogens (tertiary/aromatic N) is 3. The second kappa shape index (κ2) is 7.36. The van der Waals surface area contributed by atoms with E-state index in [0.29, 0.717) is 19.6 Å². The van der Waals surface area contributed by atoms with Crippen molar-refractivity contribution < 1.29 is 14.3 Å². The third-order valence-electron chi connectivity index (χ3n) is 6.52. The highest BCUT2D eigenvalue weighted by atomic mass is 16.5. The molecule has 1 aromatic carbocycles. The van der Waals surface area contributed by atoms with Gasteiger partial charge in [0, 0.05) is 32.5 Å². The molecule has 1 aromatic heterocycles. The summed E-state index contributed by atoms with van der Waals surface area (Å²) >= 11 is 0. The highest BCUT2D eigenvalue weighted by Crippen LogP contribution is 2.52. The number of amides is 2. The number of hydrogen-bond acceptors (Lipinski definition) is 4. The third kappa shape index (κ3) is 3.12. The van der Waals surface area contributed by atoms with Crippen molar-refractivity contribution in [1.82, 2.24) is 14.8 Å². The van der Waals surface area contributed by atoms with Gasteiger partial charge in [-0.25, -0.2) is 0 Å². The Labute approximate surface area is 176 Å². The van der Waals surface area contributed by atoms with Crippen molar-refractivity contribution in [2.75, 3.05) is 20.1 Å². The van der Waals surface area contributed by atoms with Gasteiger partial charge in [-0.1, -0.05) is 42.5 Å². The van der Waals surface area contributed by atoms with Crippen LogP contribution in [0, 0.1) is 11.8 Å². The highest BCUT2D eigenvalue weighted by molar-refractivity contribution is 5.93. The first kappa shape index (κ1) is 19.0. The van der Waals surface area contributed by atoms with Gasteiger partial charge in [-0.15, -0.1) is 0 Å². The molecule has 0 N–H and O–H groups in total. The van der Waals surface area contributed by atoms with E-state index in [9.17, 15) is 9.59 Å². The Morgan fingerprint density at radius 3 is 2.73 bits per heavy atom. The molecule has 1 spiro atoms. The van der Waals surface area contributed by atoms with Crippen molar-refractivity contribution in [3.63, 3.8) is 0 Å². The first-order chi connectivity index (χ1) is 14.6. The van der Waals surface area contributed by atoms with Gasteiger partial charge in [0.15, 0.2) is 0 Å². The lowest BCUT2D eigenvalue weighted by Crippen LogP contribution is -2.44. The largest absolute Gasteiger partial charge is 0.360 e. The van der Waals surface area contributed by atoms with E-state index < -0.39 is 17.4 Å². The van der Waals surface area contributed by atoms with E-state index in [4.69, 9.17) is 4.74 Å². The Morgan fingerprint density at radius 1 is 1.20 bits per heavy atom. The Morgan fingerprint density at radius 2 is 1.97 bits per heavy atom. The normalized spacial score (nSPS) is 28.8. The average Bonchev–Trinajstić information content (AvgIpc) is 3.41. The van der Waals surface area contributed by atoms with Crippen LogP contribution >= 0.6 is 0 Å². The molecule has 0 radical (unpaired) electrons. The van der Waals surface area contributed by atoms with Crippen molar-refractivity contribution in [2.45, 2.75) is 24.7 Å². The predicted octanol–water partition coefficient (Wildman–Crippen LogP) is 2.06. The summed E-state index contributed by atoms with van der Waals surface area (Å²) in [5.74, 6) is -0.885. The van der Waals surface area contributed by atoms with Crippen LogP contribution in [-0.2, 0) is 27.3 Å². The topological polar surface area (TPSA) is 62.7 Å². The SMILES string of the molecule is CN(Cc1ccccc1)C(=O)[C@H]1[C@@H]2C=C[C@@]3(CN(CCc4ccncc4)C(=O)[C@@H]13)O2. The Balaban J connectivity index is 1.31. The maximum Gasteiger partial charge on any atom is 0.230 e. The lowest BCUT2D eigenvalue weighted by molar-refractivity contribution is -0.142. The summed E-state index contributed by atoms with van der Waals surface area (Å²) in [5.41, 5.74) is 1.55. The van der Waals surface area contributed by atoms with Crippen molar-refractivity contribution in [1.29, 1.82) is 0 Å². The minimum absolute atomic E-state index is 0.0237. The Hall–Kier alpha value is -2.99. The van der Waals surface area contributed by atoms with E-state index in [-0.39, 0.29) is 17.9 Å². The van der Waals surface area contributed by atoms with Gasteiger partial charge in [0.05, 0.1) is 24.5 Å². The summed E-state index contributed by atoms with van der Waals surface area (Å²) < 4.78 is 6.24. The van der Waals surface area contributed by atoms with Crippen LogP contribution in [-0.4, -0.2) is 58.4 Å². The van der Waals surface area contributed by atoms with Crippen molar-refractivity contribution in [3.05, 3.63) is 78.1 Å². The number of ether oxygens (including phenoxy) is 1. The van der Waals surface area contributed by atoms with Gasteiger partial charge >= 0.3 is 0 Å². The molecular weight excluding hydrogens is 378 g/mol. The lowest BCUT2D eigenvalue weighted by atomic mass is 9.76. The molecule has 154 valence electrons. The molecule has 2 fully saturated rings. The lowest BCUT2D eigenvalue weighted by Gasteiger charge is -2.28. The number of likely N-dealkylation sites (tertiary alicyclic amines) is 1. The fourth-order valence-electron chi connectivity index (χ4n) is 5.05. The van der Waals surface area contributed by atoms with Crippen LogP contribution in [0.25, 0.3) is 0 Å². The molecule has 0 aliphatic carbocycles. The number of benzene rings is 1. The zero-order valence-corrected chi connectivity index (χ0v) is 17.0. The van der Waals surface area contributed by atoms with E-state index in [1.54, 1.807) is 24.3 Å². The molecule has 2 bridgehead atoms. The zero-order valence-electron chi connectivity index (χ0n) is 17.0. The number of fused-ring (bicyclic) bond motifs is 1. The van der Waals surface area contributed by atoms with Crippen LogP contribution in [0.4, 0.5) is 0 Å². The first-order valence-corrected chi connectivity index (χ1v) is 10.4. The molecule has 2 aromatic rings. The fraction of sp³-hybridized carbons (Fsp3) is 0.375. The second-order valence-corrected chi connectivity index (χ2v) is 8.45. The predicted molar refractivity (Wildman–Crippen MR) is 111 cm³/mol. The number of rotatable bonds is 6.